The van der Waals surface area contributed by atoms with E-state index >= 15 is 0 Å². The lowest BCUT2D eigenvalue weighted by atomic mass is 10.2. The van der Waals surface area contributed by atoms with Crippen LogP contribution in [0.25, 0.3) is 0 Å². The van der Waals surface area contributed by atoms with Crippen molar-refractivity contribution >= 4 is 24.3 Å². The molecule has 0 heterocycles. The Kier molecular flexibility index (Phi) is 7.42. The summed E-state index contributed by atoms with van der Waals surface area (Å²) in [6.07, 6.45) is 1.19. The molecular formula is C11H21NO3S. The lowest BCUT2D eigenvalue weighted by Crippen LogP contribution is -2.31. The topological polar surface area (TPSA) is 55.4 Å². The van der Waals surface area contributed by atoms with Gasteiger partial charge >= 0.3 is 0 Å². The second-order valence-corrected chi connectivity index (χ2v) is 4.86. The number of thiol groups is 1. The highest BCUT2D eigenvalue weighted by Gasteiger charge is 2.18. The molecular weight excluding hydrogens is 226 g/mol. The molecule has 1 amide bonds. The van der Waals surface area contributed by atoms with Gasteiger partial charge in [-0.25, -0.2) is 0 Å². The minimum Gasteiger partial charge on any atom is -0.365 e. The molecule has 16 heavy (non-hydrogen) atoms. The van der Waals surface area contributed by atoms with E-state index in [-0.39, 0.29) is 18.1 Å². The molecule has 0 aliphatic rings. The van der Waals surface area contributed by atoms with Gasteiger partial charge in [0.2, 0.25) is 5.91 Å². The summed E-state index contributed by atoms with van der Waals surface area (Å²) in [4.78, 5) is 21.4. The van der Waals surface area contributed by atoms with Gasteiger partial charge in [0.15, 0.2) is 0 Å². The highest BCUT2D eigenvalue weighted by molar-refractivity contribution is 7.81. The normalized spacial score (nSPS) is 14.2. The molecule has 0 aliphatic carbocycles. The van der Waals surface area contributed by atoms with E-state index in [1.165, 1.54) is 6.92 Å². The van der Waals surface area contributed by atoms with Crippen molar-refractivity contribution in [1.29, 1.82) is 0 Å². The Balaban J connectivity index is 3.65. The van der Waals surface area contributed by atoms with E-state index in [9.17, 15) is 9.59 Å². The maximum Gasteiger partial charge on any atom is 0.220 e. The first-order valence-electron chi connectivity index (χ1n) is 5.50. The van der Waals surface area contributed by atoms with Gasteiger partial charge in [0.1, 0.15) is 10.7 Å². The maximum atomic E-state index is 11.3. The van der Waals surface area contributed by atoms with Gasteiger partial charge in [0.25, 0.3) is 0 Å². The van der Waals surface area contributed by atoms with Crippen LogP contribution in [0.1, 0.15) is 40.0 Å². The molecule has 0 aromatic heterocycles. The van der Waals surface area contributed by atoms with Crippen LogP contribution in [0.3, 0.4) is 0 Å². The summed E-state index contributed by atoms with van der Waals surface area (Å²) in [5.41, 5.74) is 0. The smallest absolute Gasteiger partial charge is 0.220 e. The molecule has 0 saturated carbocycles. The number of rotatable bonds is 8. The molecule has 0 saturated heterocycles. The molecule has 94 valence electrons. The van der Waals surface area contributed by atoms with E-state index < -0.39 is 4.93 Å². The van der Waals surface area contributed by atoms with E-state index in [0.717, 1.165) is 0 Å². The molecule has 0 aromatic carbocycles. The van der Waals surface area contributed by atoms with Gasteiger partial charge in [-0.05, 0) is 20.8 Å². The number of ether oxygens (including phenoxy) is 1. The minimum absolute atomic E-state index is 0.0310. The Morgan fingerprint density at radius 2 is 2.00 bits per heavy atom. The Labute approximate surface area is 103 Å². The predicted octanol–water partition coefficient (Wildman–Crippen LogP) is 1.54. The van der Waals surface area contributed by atoms with Gasteiger partial charge in [-0.3, -0.25) is 4.79 Å². The summed E-state index contributed by atoms with van der Waals surface area (Å²) in [6, 6.07) is 0. The van der Waals surface area contributed by atoms with Crippen molar-refractivity contribution in [3.8, 4) is 0 Å². The van der Waals surface area contributed by atoms with Crippen molar-refractivity contribution < 1.29 is 14.3 Å². The van der Waals surface area contributed by atoms with E-state index in [0.29, 0.717) is 26.0 Å². The Hall–Kier alpha value is -0.550. The van der Waals surface area contributed by atoms with Crippen molar-refractivity contribution in [2.75, 3.05) is 13.2 Å². The first kappa shape index (κ1) is 15.4. The second kappa shape index (κ2) is 7.68. The second-order valence-electron chi connectivity index (χ2n) is 3.91. The van der Waals surface area contributed by atoms with Gasteiger partial charge in [0, 0.05) is 32.4 Å². The minimum atomic E-state index is -0.511. The summed E-state index contributed by atoms with van der Waals surface area (Å²) in [6.45, 7) is 6.35. The predicted molar refractivity (Wildman–Crippen MR) is 66.6 cm³/mol. The van der Waals surface area contributed by atoms with Gasteiger partial charge < -0.3 is 14.8 Å². The number of nitrogens with one attached hydrogen (secondary N) is 1. The van der Waals surface area contributed by atoms with Gasteiger partial charge in [-0.1, -0.05) is 0 Å². The third kappa shape index (κ3) is 8.73. The van der Waals surface area contributed by atoms with Gasteiger partial charge in [0.05, 0.1) is 0 Å². The number of carbonyl (C=O) groups is 2. The summed E-state index contributed by atoms with van der Waals surface area (Å²) < 4.78 is 5.37. The van der Waals surface area contributed by atoms with Crippen LogP contribution in [-0.2, 0) is 14.3 Å². The number of ketones is 1. The number of carbonyl (C=O) groups excluding carboxylic acids is 2. The van der Waals surface area contributed by atoms with Crippen molar-refractivity contribution in [1.82, 2.24) is 5.32 Å². The van der Waals surface area contributed by atoms with Crippen LogP contribution >= 0.6 is 12.6 Å². The maximum absolute atomic E-state index is 11.3. The number of hydrogen-bond acceptors (Lipinski definition) is 4. The largest absolute Gasteiger partial charge is 0.365 e. The Morgan fingerprint density at radius 1 is 1.38 bits per heavy atom. The molecule has 1 N–H and O–H groups in total. The summed E-state index contributed by atoms with van der Waals surface area (Å²) in [7, 11) is 0. The molecule has 0 bridgehead atoms. The fraction of sp³-hybridized carbons (Fsp3) is 0.818. The van der Waals surface area contributed by atoms with E-state index in [4.69, 9.17) is 4.74 Å². The number of Topliss-reactive ketones (excluding diaryl/α,β-unsaturated/α-hetero) is 1. The van der Waals surface area contributed by atoms with E-state index in [1.54, 1.807) is 0 Å². The number of amides is 1. The molecule has 0 fully saturated rings. The zero-order chi connectivity index (χ0) is 12.6. The Bertz CT molecular complexity index is 241. The first-order valence-corrected chi connectivity index (χ1v) is 5.94. The van der Waals surface area contributed by atoms with Crippen LogP contribution in [0, 0.1) is 0 Å². The van der Waals surface area contributed by atoms with Crippen LogP contribution in [0.4, 0.5) is 0 Å². The Morgan fingerprint density at radius 3 is 2.50 bits per heavy atom. The van der Waals surface area contributed by atoms with Crippen LogP contribution < -0.4 is 5.32 Å². The quantitative estimate of drug-likeness (QED) is 0.505. The van der Waals surface area contributed by atoms with Crippen LogP contribution in [0.2, 0.25) is 0 Å². The molecule has 1 atom stereocenters. The van der Waals surface area contributed by atoms with Gasteiger partial charge in [-0.2, -0.15) is 0 Å². The highest BCUT2D eigenvalue weighted by atomic mass is 32.1. The summed E-state index contributed by atoms with van der Waals surface area (Å²) >= 11 is 4.33. The average Bonchev–Trinajstić information content (AvgIpc) is 2.14. The van der Waals surface area contributed by atoms with Crippen LogP contribution in [0.15, 0.2) is 0 Å². The monoisotopic (exact) mass is 247 g/mol. The number of hydrogen-bond donors (Lipinski definition) is 2. The van der Waals surface area contributed by atoms with Crippen LogP contribution in [0.5, 0.6) is 0 Å². The molecule has 0 aliphatic heterocycles. The van der Waals surface area contributed by atoms with Crippen molar-refractivity contribution in [3.63, 3.8) is 0 Å². The lowest BCUT2D eigenvalue weighted by Gasteiger charge is -2.23. The molecule has 0 rings (SSSR count). The third-order valence-electron chi connectivity index (χ3n) is 2.07. The molecule has 4 nitrogen and oxygen atoms in total. The average molecular weight is 247 g/mol. The van der Waals surface area contributed by atoms with Crippen molar-refractivity contribution in [2.24, 2.45) is 0 Å². The zero-order valence-corrected chi connectivity index (χ0v) is 11.1. The molecule has 1 unspecified atom stereocenters. The van der Waals surface area contributed by atoms with Crippen molar-refractivity contribution in [2.45, 2.75) is 45.0 Å². The molecule has 0 radical (unpaired) electrons. The van der Waals surface area contributed by atoms with Crippen LogP contribution in [-0.4, -0.2) is 29.8 Å². The fourth-order valence-corrected chi connectivity index (χ4v) is 1.44. The van der Waals surface area contributed by atoms with Gasteiger partial charge in [-0.15, -0.1) is 12.6 Å². The molecule has 0 spiro atoms. The van der Waals surface area contributed by atoms with Crippen molar-refractivity contribution in [3.05, 3.63) is 0 Å². The SMILES string of the molecule is CCOC(C)(S)CCNC(=O)CCC(C)=O. The fourth-order valence-electron chi connectivity index (χ4n) is 1.19. The van der Waals surface area contributed by atoms with E-state index in [1.807, 2.05) is 13.8 Å². The highest BCUT2D eigenvalue weighted by Crippen LogP contribution is 2.18. The summed E-state index contributed by atoms with van der Waals surface area (Å²) in [5, 5.41) is 2.73. The third-order valence-corrected chi connectivity index (χ3v) is 2.42. The summed E-state index contributed by atoms with van der Waals surface area (Å²) in [5.74, 6) is -0.0701. The molecule has 0 aromatic rings. The molecule has 5 heteroatoms. The zero-order valence-electron chi connectivity index (χ0n) is 10.2. The first-order chi connectivity index (χ1) is 7.37. The lowest BCUT2D eigenvalue weighted by molar-refractivity contribution is -0.124. The standard InChI is InChI=1S/C11H21NO3S/c1-4-15-11(3,16)7-8-12-10(14)6-5-9(2)13/h16H,4-8H2,1-3H3,(H,12,14). The van der Waals surface area contributed by atoms with E-state index in [2.05, 4.69) is 17.9 Å².